The van der Waals surface area contributed by atoms with E-state index in [9.17, 15) is 13.2 Å². The molecule has 5 nitrogen and oxygen atoms in total. The van der Waals surface area contributed by atoms with Crippen LogP contribution in [-0.2, 0) is 12.6 Å². The molecule has 1 aromatic carbocycles. The highest BCUT2D eigenvalue weighted by Crippen LogP contribution is 2.37. The van der Waals surface area contributed by atoms with Gasteiger partial charge in [-0.05, 0) is 62.1 Å². The van der Waals surface area contributed by atoms with Crippen LogP contribution in [0.5, 0.6) is 0 Å². The number of piperidine rings is 1. The molecule has 168 valence electrons. The van der Waals surface area contributed by atoms with Crippen molar-refractivity contribution in [1.29, 1.82) is 0 Å². The Morgan fingerprint density at radius 2 is 1.66 bits per heavy atom. The molecule has 1 aliphatic rings. The maximum Gasteiger partial charge on any atom is 0.416 e. The van der Waals surface area contributed by atoms with Crippen LogP contribution in [0.1, 0.15) is 36.7 Å². The highest BCUT2D eigenvalue weighted by Gasteiger charge is 2.32. The third-order valence-corrected chi connectivity index (χ3v) is 5.96. The molecule has 4 rings (SSSR count). The van der Waals surface area contributed by atoms with Gasteiger partial charge in [-0.15, -0.1) is 0 Å². The quantitative estimate of drug-likeness (QED) is 0.518. The number of hydrogen-bond acceptors (Lipinski definition) is 5. The van der Waals surface area contributed by atoms with E-state index in [2.05, 4.69) is 31.7 Å². The Labute approximate surface area is 185 Å². The van der Waals surface area contributed by atoms with Crippen LogP contribution >= 0.6 is 0 Å². The van der Waals surface area contributed by atoms with E-state index in [0.717, 1.165) is 72.9 Å². The number of aryl methyl sites for hydroxylation is 2. The van der Waals surface area contributed by atoms with Crippen LogP contribution in [0.15, 0.2) is 55.1 Å². The van der Waals surface area contributed by atoms with Gasteiger partial charge in [0.15, 0.2) is 0 Å². The summed E-state index contributed by atoms with van der Waals surface area (Å²) < 4.78 is 39.3. The first-order valence-corrected chi connectivity index (χ1v) is 10.8. The largest absolute Gasteiger partial charge is 0.416 e. The van der Waals surface area contributed by atoms with Crippen molar-refractivity contribution in [3.8, 4) is 0 Å². The van der Waals surface area contributed by atoms with E-state index >= 15 is 0 Å². The fourth-order valence-electron chi connectivity index (χ4n) is 4.22. The molecule has 0 unspecified atom stereocenters. The standard InChI is InChI=1S/C24H26F3N5/c1-3-18-8-11-28-16-23(18)32(20-6-4-19(5-7-20)24(25,26)27)21-9-12-31(13-10-21)22-14-29-17(2)30-15-22/h4-8,11,14-16,21H,3,9-10,12-13H2,1-2H3. The number of nitrogens with zero attached hydrogens (tertiary/aromatic N) is 5. The number of rotatable bonds is 5. The summed E-state index contributed by atoms with van der Waals surface area (Å²) in [6.45, 7) is 5.56. The van der Waals surface area contributed by atoms with Crippen LogP contribution in [0.2, 0.25) is 0 Å². The number of halogens is 3. The summed E-state index contributed by atoms with van der Waals surface area (Å²) in [6.07, 6.45) is 5.42. The molecule has 1 fully saturated rings. The molecule has 3 aromatic rings. The number of aromatic nitrogens is 3. The van der Waals surface area contributed by atoms with E-state index in [1.807, 2.05) is 31.6 Å². The van der Waals surface area contributed by atoms with Crippen molar-refractivity contribution < 1.29 is 13.2 Å². The van der Waals surface area contributed by atoms with Gasteiger partial charge in [0.2, 0.25) is 0 Å². The lowest BCUT2D eigenvalue weighted by Crippen LogP contribution is -2.43. The minimum atomic E-state index is -4.35. The van der Waals surface area contributed by atoms with Crippen LogP contribution < -0.4 is 9.80 Å². The van der Waals surface area contributed by atoms with E-state index in [0.29, 0.717) is 0 Å². The van der Waals surface area contributed by atoms with Crippen LogP contribution in [0.4, 0.5) is 30.2 Å². The smallest absolute Gasteiger partial charge is 0.369 e. The molecule has 0 N–H and O–H groups in total. The number of anilines is 3. The van der Waals surface area contributed by atoms with E-state index in [-0.39, 0.29) is 6.04 Å². The van der Waals surface area contributed by atoms with E-state index < -0.39 is 11.7 Å². The van der Waals surface area contributed by atoms with Crippen LogP contribution in [0.25, 0.3) is 0 Å². The van der Waals surface area contributed by atoms with Gasteiger partial charge in [0.1, 0.15) is 5.82 Å². The minimum absolute atomic E-state index is 0.142. The lowest BCUT2D eigenvalue weighted by Gasteiger charge is -2.41. The molecular formula is C24H26F3N5. The first-order valence-electron chi connectivity index (χ1n) is 10.8. The lowest BCUT2D eigenvalue weighted by molar-refractivity contribution is -0.137. The maximum absolute atomic E-state index is 13.1. The minimum Gasteiger partial charge on any atom is -0.369 e. The second-order valence-corrected chi connectivity index (χ2v) is 7.98. The summed E-state index contributed by atoms with van der Waals surface area (Å²) in [5.74, 6) is 0.737. The van der Waals surface area contributed by atoms with Crippen molar-refractivity contribution in [2.24, 2.45) is 0 Å². The van der Waals surface area contributed by atoms with Gasteiger partial charge in [0, 0.05) is 31.0 Å². The van der Waals surface area contributed by atoms with Gasteiger partial charge >= 0.3 is 6.18 Å². The molecule has 8 heteroatoms. The number of pyridine rings is 1. The number of hydrogen-bond donors (Lipinski definition) is 0. The SMILES string of the molecule is CCc1ccncc1N(c1ccc(C(F)(F)F)cc1)C1CCN(c2cnc(C)nc2)CC1. The van der Waals surface area contributed by atoms with Crippen molar-refractivity contribution in [2.75, 3.05) is 22.9 Å². The highest BCUT2D eigenvalue weighted by molar-refractivity contribution is 5.67. The molecule has 1 saturated heterocycles. The summed E-state index contributed by atoms with van der Waals surface area (Å²) >= 11 is 0. The molecule has 32 heavy (non-hydrogen) atoms. The van der Waals surface area contributed by atoms with E-state index in [4.69, 9.17) is 0 Å². The molecule has 0 aliphatic carbocycles. The Balaban J connectivity index is 1.62. The van der Waals surface area contributed by atoms with Gasteiger partial charge < -0.3 is 9.80 Å². The summed E-state index contributed by atoms with van der Waals surface area (Å²) in [4.78, 5) is 17.3. The Kier molecular flexibility index (Phi) is 6.30. The van der Waals surface area contributed by atoms with Gasteiger partial charge in [0.25, 0.3) is 0 Å². The fraction of sp³-hybridized carbons (Fsp3) is 0.375. The van der Waals surface area contributed by atoms with Crippen LogP contribution in [-0.4, -0.2) is 34.1 Å². The average Bonchev–Trinajstić information content (AvgIpc) is 2.80. The molecule has 0 bridgehead atoms. The van der Waals surface area contributed by atoms with E-state index in [1.165, 1.54) is 0 Å². The van der Waals surface area contributed by atoms with Crippen molar-refractivity contribution in [1.82, 2.24) is 15.0 Å². The molecule has 3 heterocycles. The molecule has 0 saturated carbocycles. The second-order valence-electron chi connectivity index (χ2n) is 7.98. The lowest BCUT2D eigenvalue weighted by atomic mass is 9.99. The van der Waals surface area contributed by atoms with Gasteiger partial charge in [-0.3, -0.25) is 4.98 Å². The molecular weight excluding hydrogens is 415 g/mol. The van der Waals surface area contributed by atoms with Crippen molar-refractivity contribution in [3.05, 3.63) is 72.1 Å². The average molecular weight is 442 g/mol. The topological polar surface area (TPSA) is 45.2 Å². The summed E-state index contributed by atoms with van der Waals surface area (Å²) in [7, 11) is 0. The zero-order valence-corrected chi connectivity index (χ0v) is 18.2. The molecule has 0 atom stereocenters. The summed E-state index contributed by atoms with van der Waals surface area (Å²) in [6, 6.07) is 7.56. The van der Waals surface area contributed by atoms with Gasteiger partial charge in [-0.2, -0.15) is 13.2 Å². The molecule has 0 amide bonds. The van der Waals surface area contributed by atoms with Crippen LogP contribution in [0.3, 0.4) is 0 Å². The van der Waals surface area contributed by atoms with Gasteiger partial charge in [-0.1, -0.05) is 6.92 Å². The van der Waals surface area contributed by atoms with Crippen LogP contribution in [0, 0.1) is 6.92 Å². The maximum atomic E-state index is 13.1. The van der Waals surface area contributed by atoms with Crippen molar-refractivity contribution in [3.63, 3.8) is 0 Å². The predicted octanol–water partition coefficient (Wildman–Crippen LogP) is 5.57. The Morgan fingerprint density at radius 1 is 1.00 bits per heavy atom. The number of benzene rings is 1. The molecule has 2 aromatic heterocycles. The monoisotopic (exact) mass is 441 g/mol. The molecule has 0 radical (unpaired) electrons. The first kappa shape index (κ1) is 22.0. The Bertz CT molecular complexity index is 1030. The summed E-state index contributed by atoms with van der Waals surface area (Å²) in [5, 5.41) is 0. The Morgan fingerprint density at radius 3 is 2.25 bits per heavy atom. The zero-order chi connectivity index (χ0) is 22.7. The van der Waals surface area contributed by atoms with E-state index in [1.54, 1.807) is 18.3 Å². The second kappa shape index (κ2) is 9.14. The van der Waals surface area contributed by atoms with Gasteiger partial charge in [0.05, 0.1) is 35.5 Å². The zero-order valence-electron chi connectivity index (χ0n) is 18.2. The fourth-order valence-corrected chi connectivity index (χ4v) is 4.22. The van der Waals surface area contributed by atoms with Crippen molar-refractivity contribution >= 4 is 17.1 Å². The number of alkyl halides is 3. The molecule has 1 aliphatic heterocycles. The normalized spacial score (nSPS) is 15.1. The van der Waals surface area contributed by atoms with Crippen molar-refractivity contribution in [2.45, 2.75) is 45.3 Å². The third kappa shape index (κ3) is 4.69. The predicted molar refractivity (Wildman–Crippen MR) is 119 cm³/mol. The summed E-state index contributed by atoms with van der Waals surface area (Å²) in [5.41, 5.74) is 3.17. The molecule has 0 spiro atoms. The first-order chi connectivity index (χ1) is 15.4. The Hall–Kier alpha value is -3.16. The third-order valence-electron chi connectivity index (χ3n) is 5.96. The van der Waals surface area contributed by atoms with Gasteiger partial charge in [-0.25, -0.2) is 9.97 Å². The highest BCUT2D eigenvalue weighted by atomic mass is 19.4.